The van der Waals surface area contributed by atoms with Gasteiger partial charge in [-0.2, -0.15) is 0 Å². The Bertz CT molecular complexity index is 632. The Morgan fingerprint density at radius 1 is 1.15 bits per heavy atom. The second-order valence-electron chi connectivity index (χ2n) is 5.63. The molecular formula is C15H16N2O3. The lowest BCUT2D eigenvalue weighted by Crippen LogP contribution is -2.66. The van der Waals surface area contributed by atoms with Crippen LogP contribution in [-0.2, 0) is 9.59 Å². The number of nitrogens with zero attached hydrogens (tertiary/aromatic N) is 1. The van der Waals surface area contributed by atoms with E-state index in [9.17, 15) is 14.4 Å². The fraction of sp³-hybridized carbons (Fsp3) is 0.400. The first-order valence-corrected chi connectivity index (χ1v) is 6.73. The quantitative estimate of drug-likeness (QED) is 0.796. The molecule has 1 aromatic rings. The summed E-state index contributed by atoms with van der Waals surface area (Å²) in [6.07, 6.45) is 1.88. The maximum Gasteiger partial charge on any atom is 0.335 e. The van der Waals surface area contributed by atoms with Gasteiger partial charge in [0.1, 0.15) is 5.41 Å². The predicted octanol–water partition coefficient (Wildman–Crippen LogP) is 2.06. The third kappa shape index (κ3) is 1.59. The van der Waals surface area contributed by atoms with Crippen LogP contribution < -0.4 is 10.2 Å². The van der Waals surface area contributed by atoms with Crippen LogP contribution >= 0.6 is 0 Å². The number of hydrogen-bond donors (Lipinski definition) is 1. The highest BCUT2D eigenvalue weighted by Crippen LogP contribution is 2.45. The lowest BCUT2D eigenvalue weighted by Gasteiger charge is -2.44. The van der Waals surface area contributed by atoms with E-state index in [1.54, 1.807) is 6.07 Å². The van der Waals surface area contributed by atoms with Crippen LogP contribution in [0.2, 0.25) is 0 Å². The molecule has 0 bridgehead atoms. The smallest absolute Gasteiger partial charge is 0.276 e. The summed E-state index contributed by atoms with van der Waals surface area (Å²) in [6.45, 7) is 3.75. The Morgan fingerprint density at radius 3 is 2.45 bits per heavy atom. The predicted molar refractivity (Wildman–Crippen MR) is 73.2 cm³/mol. The summed E-state index contributed by atoms with van der Waals surface area (Å²) in [5.41, 5.74) is 1.34. The van der Waals surface area contributed by atoms with Crippen LogP contribution in [0, 0.1) is 19.3 Å². The first kappa shape index (κ1) is 12.8. The van der Waals surface area contributed by atoms with Crippen LogP contribution in [0.15, 0.2) is 18.2 Å². The highest BCUT2D eigenvalue weighted by molar-refractivity contribution is 6.30. The molecule has 1 saturated carbocycles. The van der Waals surface area contributed by atoms with Gasteiger partial charge in [-0.05, 0) is 43.9 Å². The Hall–Kier alpha value is -2.17. The van der Waals surface area contributed by atoms with Crippen molar-refractivity contribution in [2.75, 3.05) is 4.90 Å². The minimum Gasteiger partial charge on any atom is -0.276 e. The molecule has 104 valence electrons. The van der Waals surface area contributed by atoms with Gasteiger partial charge in [0.2, 0.25) is 5.91 Å². The molecule has 2 fully saturated rings. The average molecular weight is 272 g/mol. The molecule has 2 aliphatic rings. The van der Waals surface area contributed by atoms with E-state index in [1.165, 1.54) is 0 Å². The molecular weight excluding hydrogens is 256 g/mol. The molecule has 1 heterocycles. The Balaban J connectivity index is 2.08. The zero-order valence-corrected chi connectivity index (χ0v) is 11.5. The number of imide groups is 2. The lowest BCUT2D eigenvalue weighted by molar-refractivity contribution is -0.148. The molecule has 1 aliphatic heterocycles. The molecule has 1 N–H and O–H groups in total. The first-order valence-electron chi connectivity index (χ1n) is 6.73. The minimum atomic E-state index is -1.02. The number of anilines is 1. The zero-order valence-electron chi connectivity index (χ0n) is 11.5. The normalized spacial score (nSPS) is 20.9. The van der Waals surface area contributed by atoms with E-state index in [2.05, 4.69) is 5.32 Å². The van der Waals surface area contributed by atoms with Crippen LogP contribution in [0.25, 0.3) is 0 Å². The van der Waals surface area contributed by atoms with Crippen molar-refractivity contribution in [3.8, 4) is 0 Å². The van der Waals surface area contributed by atoms with E-state index in [1.807, 2.05) is 26.0 Å². The number of barbiturate groups is 1. The van der Waals surface area contributed by atoms with Crippen molar-refractivity contribution in [3.63, 3.8) is 0 Å². The Labute approximate surface area is 116 Å². The number of aryl methyl sites for hydroxylation is 2. The molecule has 0 aromatic heterocycles. The van der Waals surface area contributed by atoms with Gasteiger partial charge in [-0.15, -0.1) is 0 Å². The van der Waals surface area contributed by atoms with E-state index in [0.29, 0.717) is 18.5 Å². The molecule has 1 spiro atoms. The molecule has 0 atom stereocenters. The third-order valence-corrected chi connectivity index (χ3v) is 4.28. The molecule has 1 aliphatic carbocycles. The summed E-state index contributed by atoms with van der Waals surface area (Å²) in [4.78, 5) is 37.8. The van der Waals surface area contributed by atoms with E-state index in [4.69, 9.17) is 0 Å². The summed E-state index contributed by atoms with van der Waals surface area (Å²) in [5.74, 6) is -0.827. The van der Waals surface area contributed by atoms with Crippen LogP contribution in [0.4, 0.5) is 10.5 Å². The monoisotopic (exact) mass is 272 g/mol. The molecule has 5 heteroatoms. The fourth-order valence-corrected chi connectivity index (χ4v) is 2.83. The van der Waals surface area contributed by atoms with Crippen molar-refractivity contribution in [2.45, 2.75) is 33.1 Å². The number of carbonyl (C=O) groups is 3. The van der Waals surface area contributed by atoms with E-state index in [0.717, 1.165) is 22.4 Å². The summed E-state index contributed by atoms with van der Waals surface area (Å²) in [5, 5.41) is 2.32. The molecule has 0 radical (unpaired) electrons. The van der Waals surface area contributed by atoms with Crippen LogP contribution in [0.5, 0.6) is 0 Å². The molecule has 1 saturated heterocycles. The second-order valence-corrected chi connectivity index (χ2v) is 5.63. The van der Waals surface area contributed by atoms with Gasteiger partial charge in [-0.25, -0.2) is 9.69 Å². The van der Waals surface area contributed by atoms with Crippen molar-refractivity contribution < 1.29 is 14.4 Å². The molecule has 1 aromatic carbocycles. The van der Waals surface area contributed by atoms with Crippen LogP contribution in [-0.4, -0.2) is 17.8 Å². The van der Waals surface area contributed by atoms with Crippen molar-refractivity contribution in [3.05, 3.63) is 29.3 Å². The number of nitrogens with one attached hydrogen (secondary N) is 1. The highest BCUT2D eigenvalue weighted by atomic mass is 16.2. The average Bonchev–Trinajstić information content (AvgIpc) is 2.31. The number of urea groups is 1. The van der Waals surface area contributed by atoms with Crippen molar-refractivity contribution in [2.24, 2.45) is 5.41 Å². The van der Waals surface area contributed by atoms with Gasteiger partial charge in [-0.1, -0.05) is 18.6 Å². The number of rotatable bonds is 1. The molecule has 5 nitrogen and oxygen atoms in total. The third-order valence-electron chi connectivity index (χ3n) is 4.28. The maximum absolute atomic E-state index is 12.7. The summed E-state index contributed by atoms with van der Waals surface area (Å²) in [7, 11) is 0. The fourth-order valence-electron chi connectivity index (χ4n) is 2.83. The van der Waals surface area contributed by atoms with Crippen molar-refractivity contribution in [1.29, 1.82) is 0 Å². The van der Waals surface area contributed by atoms with Gasteiger partial charge in [0.25, 0.3) is 5.91 Å². The molecule has 0 unspecified atom stereocenters. The second kappa shape index (κ2) is 4.16. The van der Waals surface area contributed by atoms with Crippen LogP contribution in [0.3, 0.4) is 0 Å². The number of carbonyl (C=O) groups excluding carboxylic acids is 3. The lowest BCUT2D eigenvalue weighted by atomic mass is 9.66. The molecule has 3 rings (SSSR count). The van der Waals surface area contributed by atoms with Crippen molar-refractivity contribution in [1.82, 2.24) is 5.32 Å². The Kier molecular flexibility index (Phi) is 2.67. The number of hydrogen-bond acceptors (Lipinski definition) is 3. The van der Waals surface area contributed by atoms with E-state index >= 15 is 0 Å². The van der Waals surface area contributed by atoms with Gasteiger partial charge < -0.3 is 0 Å². The molecule has 20 heavy (non-hydrogen) atoms. The largest absolute Gasteiger partial charge is 0.335 e. The number of amides is 4. The number of benzene rings is 1. The topological polar surface area (TPSA) is 66.5 Å². The summed E-state index contributed by atoms with van der Waals surface area (Å²) < 4.78 is 0. The minimum absolute atomic E-state index is 0.383. The summed E-state index contributed by atoms with van der Waals surface area (Å²) in [6, 6.07) is 4.95. The zero-order chi connectivity index (χ0) is 14.5. The van der Waals surface area contributed by atoms with Gasteiger partial charge in [-0.3, -0.25) is 14.9 Å². The van der Waals surface area contributed by atoms with Gasteiger partial charge in [0.15, 0.2) is 0 Å². The summed E-state index contributed by atoms with van der Waals surface area (Å²) >= 11 is 0. The van der Waals surface area contributed by atoms with Gasteiger partial charge >= 0.3 is 6.03 Å². The van der Waals surface area contributed by atoms with Gasteiger partial charge in [0.05, 0.1) is 5.69 Å². The maximum atomic E-state index is 12.7. The standard InChI is InChI=1S/C15H16N2O3/c1-9-4-5-10(2)11(8-9)17-13(19)15(6-3-7-15)12(18)16-14(17)20/h4-5,8H,3,6-7H2,1-2H3,(H,16,18,20). The first-order chi connectivity index (χ1) is 9.45. The molecule has 4 amide bonds. The van der Waals surface area contributed by atoms with Crippen LogP contribution in [0.1, 0.15) is 30.4 Å². The van der Waals surface area contributed by atoms with Crippen molar-refractivity contribution >= 4 is 23.5 Å². The highest BCUT2D eigenvalue weighted by Gasteiger charge is 2.57. The van der Waals surface area contributed by atoms with Gasteiger partial charge in [0, 0.05) is 0 Å². The Morgan fingerprint density at radius 2 is 1.85 bits per heavy atom. The SMILES string of the molecule is Cc1ccc(C)c(N2C(=O)NC(=O)C3(CCC3)C2=O)c1. The van der Waals surface area contributed by atoms with E-state index in [-0.39, 0.29) is 5.91 Å². The van der Waals surface area contributed by atoms with E-state index < -0.39 is 17.4 Å².